The minimum Gasteiger partial charge on any atom is -0.300 e. The number of hydrogen-bond acceptors (Lipinski definition) is 6. The number of benzene rings is 2. The first-order valence-corrected chi connectivity index (χ1v) is 10.7. The standard InChI is InChI=1S/C17H13ClFN3OS3/c18-13-8-4-5-11(15(13)19)9-25-17-22-21-16(26-17)20-14(23)10-24-12-6-2-1-3-7-12/h1-8H,9-10H2,(H,20,21,23). The fraction of sp³-hybridized carbons (Fsp3) is 0.118. The second-order valence-corrected chi connectivity index (χ2v) is 8.68. The molecular weight excluding hydrogens is 413 g/mol. The molecule has 9 heteroatoms. The molecule has 0 fully saturated rings. The third-order valence-electron chi connectivity index (χ3n) is 3.15. The molecule has 134 valence electrons. The van der Waals surface area contributed by atoms with E-state index in [4.69, 9.17) is 11.6 Å². The number of halogens is 2. The lowest BCUT2D eigenvalue weighted by Gasteiger charge is -2.02. The number of amides is 1. The Morgan fingerprint density at radius 1 is 1.12 bits per heavy atom. The van der Waals surface area contributed by atoms with E-state index < -0.39 is 5.82 Å². The maximum absolute atomic E-state index is 13.9. The van der Waals surface area contributed by atoms with Crippen LogP contribution in [0.2, 0.25) is 5.02 Å². The quantitative estimate of drug-likeness (QED) is 0.408. The van der Waals surface area contributed by atoms with Gasteiger partial charge in [0.25, 0.3) is 0 Å². The van der Waals surface area contributed by atoms with Gasteiger partial charge in [-0.1, -0.05) is 65.0 Å². The minimum absolute atomic E-state index is 0.101. The van der Waals surface area contributed by atoms with Crippen LogP contribution >= 0.6 is 46.5 Å². The summed E-state index contributed by atoms with van der Waals surface area (Å²) < 4.78 is 14.5. The molecule has 26 heavy (non-hydrogen) atoms. The molecule has 0 bridgehead atoms. The topological polar surface area (TPSA) is 54.9 Å². The smallest absolute Gasteiger partial charge is 0.236 e. The van der Waals surface area contributed by atoms with E-state index in [0.29, 0.717) is 26.5 Å². The number of rotatable bonds is 7. The van der Waals surface area contributed by atoms with E-state index in [2.05, 4.69) is 15.5 Å². The summed E-state index contributed by atoms with van der Waals surface area (Å²) in [5.41, 5.74) is 0.502. The largest absolute Gasteiger partial charge is 0.300 e. The molecule has 0 saturated heterocycles. The molecule has 0 spiro atoms. The highest BCUT2D eigenvalue weighted by Gasteiger charge is 2.11. The van der Waals surface area contributed by atoms with Crippen LogP contribution in [-0.2, 0) is 10.5 Å². The van der Waals surface area contributed by atoms with Gasteiger partial charge in [-0.05, 0) is 23.8 Å². The molecule has 0 saturated carbocycles. The number of hydrogen-bond donors (Lipinski definition) is 1. The van der Waals surface area contributed by atoms with Gasteiger partial charge in [0.1, 0.15) is 5.82 Å². The van der Waals surface area contributed by atoms with E-state index in [0.717, 1.165) is 4.90 Å². The molecule has 3 aromatic rings. The van der Waals surface area contributed by atoms with E-state index >= 15 is 0 Å². The first kappa shape index (κ1) is 19.2. The summed E-state index contributed by atoms with van der Waals surface area (Å²) in [6, 6.07) is 14.6. The van der Waals surface area contributed by atoms with Crippen molar-refractivity contribution in [1.82, 2.24) is 10.2 Å². The lowest BCUT2D eigenvalue weighted by Crippen LogP contribution is -2.13. The Balaban J connectivity index is 1.49. The first-order valence-electron chi connectivity index (χ1n) is 7.48. The summed E-state index contributed by atoms with van der Waals surface area (Å²) >= 11 is 9.82. The molecule has 1 N–H and O–H groups in total. The Labute approximate surface area is 167 Å². The Morgan fingerprint density at radius 3 is 2.73 bits per heavy atom. The zero-order valence-electron chi connectivity index (χ0n) is 13.3. The SMILES string of the molecule is O=C(CSc1ccccc1)Nc1nnc(SCc2cccc(Cl)c2F)s1. The molecule has 3 rings (SSSR count). The van der Waals surface area contributed by atoms with Crippen molar-refractivity contribution < 1.29 is 9.18 Å². The average molecular weight is 426 g/mol. The van der Waals surface area contributed by atoms with Crippen molar-refractivity contribution in [3.63, 3.8) is 0 Å². The number of aromatic nitrogens is 2. The predicted molar refractivity (Wildman–Crippen MR) is 107 cm³/mol. The highest BCUT2D eigenvalue weighted by Crippen LogP contribution is 2.30. The summed E-state index contributed by atoms with van der Waals surface area (Å²) in [5.74, 6) is 0.114. The normalized spacial score (nSPS) is 10.7. The molecule has 0 radical (unpaired) electrons. The van der Waals surface area contributed by atoms with Gasteiger partial charge in [-0.15, -0.1) is 22.0 Å². The number of carbonyl (C=O) groups is 1. The van der Waals surface area contributed by atoms with Crippen LogP contribution in [0.1, 0.15) is 5.56 Å². The van der Waals surface area contributed by atoms with E-state index in [-0.39, 0.29) is 10.9 Å². The van der Waals surface area contributed by atoms with Gasteiger partial charge in [-0.3, -0.25) is 10.1 Å². The highest BCUT2D eigenvalue weighted by atomic mass is 35.5. The van der Waals surface area contributed by atoms with E-state index in [9.17, 15) is 9.18 Å². The van der Waals surface area contributed by atoms with Crippen molar-refractivity contribution in [1.29, 1.82) is 0 Å². The Bertz CT molecular complexity index is 892. The van der Waals surface area contributed by atoms with Gasteiger partial charge in [0.15, 0.2) is 4.34 Å². The minimum atomic E-state index is -0.419. The molecule has 2 aromatic carbocycles. The zero-order valence-corrected chi connectivity index (χ0v) is 16.5. The van der Waals surface area contributed by atoms with Gasteiger partial charge in [0, 0.05) is 10.6 Å². The number of thioether (sulfide) groups is 2. The lowest BCUT2D eigenvalue weighted by molar-refractivity contribution is -0.113. The molecule has 0 aliphatic rings. The van der Waals surface area contributed by atoms with E-state index in [1.54, 1.807) is 12.1 Å². The van der Waals surface area contributed by atoms with Crippen LogP contribution in [0.15, 0.2) is 57.8 Å². The lowest BCUT2D eigenvalue weighted by atomic mass is 10.2. The fourth-order valence-corrected chi connectivity index (χ4v) is 4.60. The van der Waals surface area contributed by atoms with Gasteiger partial charge in [0.2, 0.25) is 11.0 Å². The Morgan fingerprint density at radius 2 is 1.92 bits per heavy atom. The van der Waals surface area contributed by atoms with Crippen molar-refractivity contribution in [3.05, 3.63) is 64.9 Å². The maximum atomic E-state index is 13.9. The second-order valence-electron chi connectivity index (χ2n) is 5.02. The molecule has 1 amide bonds. The van der Waals surface area contributed by atoms with Crippen molar-refractivity contribution in [2.24, 2.45) is 0 Å². The molecule has 0 aliphatic heterocycles. The predicted octanol–water partition coefficient (Wildman–Crippen LogP) is 5.35. The van der Waals surface area contributed by atoms with E-state index in [1.165, 1.54) is 40.9 Å². The van der Waals surface area contributed by atoms with E-state index in [1.807, 2.05) is 30.3 Å². The van der Waals surface area contributed by atoms with Crippen LogP contribution in [0.4, 0.5) is 9.52 Å². The average Bonchev–Trinajstić information content (AvgIpc) is 3.09. The summed E-state index contributed by atoms with van der Waals surface area (Å²) in [4.78, 5) is 13.0. The summed E-state index contributed by atoms with van der Waals surface area (Å²) in [6.45, 7) is 0. The van der Waals surface area contributed by atoms with Crippen LogP contribution in [0, 0.1) is 5.82 Å². The van der Waals surface area contributed by atoms with Crippen LogP contribution in [0.5, 0.6) is 0 Å². The third-order valence-corrected chi connectivity index (χ3v) is 6.47. The van der Waals surface area contributed by atoms with Crippen molar-refractivity contribution >= 4 is 57.5 Å². The molecular formula is C17H13ClFN3OS3. The first-order chi connectivity index (χ1) is 12.6. The molecule has 0 atom stereocenters. The monoisotopic (exact) mass is 425 g/mol. The molecule has 0 unspecified atom stereocenters. The van der Waals surface area contributed by atoms with Crippen LogP contribution in [0.25, 0.3) is 0 Å². The molecule has 1 heterocycles. The second kappa shape index (κ2) is 9.36. The van der Waals surface area contributed by atoms with Gasteiger partial charge in [-0.25, -0.2) is 4.39 Å². The van der Waals surface area contributed by atoms with Crippen molar-refractivity contribution in [2.45, 2.75) is 15.0 Å². The van der Waals surface area contributed by atoms with Crippen LogP contribution in [-0.4, -0.2) is 21.9 Å². The van der Waals surface area contributed by atoms with Crippen molar-refractivity contribution in [2.75, 3.05) is 11.1 Å². The fourth-order valence-electron chi connectivity index (χ4n) is 1.94. The summed E-state index contributed by atoms with van der Waals surface area (Å²) in [7, 11) is 0. The van der Waals surface area contributed by atoms with Gasteiger partial charge >= 0.3 is 0 Å². The molecule has 1 aromatic heterocycles. The van der Waals surface area contributed by atoms with Gasteiger partial charge < -0.3 is 0 Å². The van der Waals surface area contributed by atoms with Crippen LogP contribution < -0.4 is 5.32 Å². The van der Waals surface area contributed by atoms with Crippen LogP contribution in [0.3, 0.4) is 0 Å². The number of anilines is 1. The summed E-state index contributed by atoms with van der Waals surface area (Å²) in [6.07, 6.45) is 0. The highest BCUT2D eigenvalue weighted by molar-refractivity contribution is 8.00. The maximum Gasteiger partial charge on any atom is 0.236 e. The zero-order chi connectivity index (χ0) is 18.4. The summed E-state index contributed by atoms with van der Waals surface area (Å²) in [5, 5.41) is 11.2. The molecule has 4 nitrogen and oxygen atoms in total. The van der Waals surface area contributed by atoms with Gasteiger partial charge in [0.05, 0.1) is 10.8 Å². The number of carbonyl (C=O) groups excluding carboxylic acids is 1. The number of nitrogens with zero attached hydrogens (tertiary/aromatic N) is 2. The van der Waals surface area contributed by atoms with Crippen molar-refractivity contribution in [3.8, 4) is 0 Å². The Hall–Kier alpha value is -1.61. The third kappa shape index (κ3) is 5.44. The number of nitrogens with one attached hydrogen (secondary N) is 1. The van der Waals surface area contributed by atoms with Gasteiger partial charge in [-0.2, -0.15) is 0 Å². The molecule has 0 aliphatic carbocycles. The Kier molecular flexibility index (Phi) is 6.90.